The van der Waals surface area contributed by atoms with Gasteiger partial charge in [-0.2, -0.15) is 0 Å². The van der Waals surface area contributed by atoms with Gasteiger partial charge in [0.15, 0.2) is 5.82 Å². The van der Waals surface area contributed by atoms with E-state index < -0.39 is 0 Å². The summed E-state index contributed by atoms with van der Waals surface area (Å²) in [5, 5.41) is 0. The van der Waals surface area contributed by atoms with Crippen LogP contribution in [0.2, 0.25) is 0 Å². The molecular weight excluding hydrogens is 191 g/mol. The molecule has 15 heavy (non-hydrogen) atoms. The Morgan fingerprint density at radius 2 is 1.67 bits per heavy atom. The van der Waals surface area contributed by atoms with Gasteiger partial charge in [-0.15, -0.1) is 0 Å². The highest BCUT2D eigenvalue weighted by molar-refractivity contribution is 5.56. The van der Waals surface area contributed by atoms with E-state index in [1.165, 1.54) is 6.07 Å². The zero-order valence-corrected chi connectivity index (χ0v) is 8.66. The first kappa shape index (κ1) is 9.77. The van der Waals surface area contributed by atoms with Gasteiger partial charge in [-0.25, -0.2) is 14.4 Å². The maximum atomic E-state index is 13.6. The summed E-state index contributed by atoms with van der Waals surface area (Å²) in [6.07, 6.45) is 3.36. The summed E-state index contributed by atoms with van der Waals surface area (Å²) in [6.45, 7) is 3.75. The van der Waals surface area contributed by atoms with Crippen LogP contribution >= 0.6 is 0 Å². The molecule has 0 atom stereocenters. The molecule has 0 radical (unpaired) electrons. The lowest BCUT2D eigenvalue weighted by atomic mass is 10.1. The number of halogens is 1. The maximum absolute atomic E-state index is 13.6. The summed E-state index contributed by atoms with van der Waals surface area (Å²) in [6, 6.07) is 5.04. The van der Waals surface area contributed by atoms with Crippen LogP contribution in [0.1, 0.15) is 11.1 Å². The lowest BCUT2D eigenvalue weighted by Crippen LogP contribution is -1.92. The quantitative estimate of drug-likeness (QED) is 0.710. The van der Waals surface area contributed by atoms with E-state index in [9.17, 15) is 4.39 Å². The summed E-state index contributed by atoms with van der Waals surface area (Å²) in [4.78, 5) is 8.18. The fraction of sp³-hybridized carbons (Fsp3) is 0.167. The third kappa shape index (κ3) is 2.01. The predicted octanol–water partition coefficient (Wildman–Crippen LogP) is 2.90. The molecule has 0 saturated carbocycles. The molecule has 0 amide bonds. The van der Waals surface area contributed by atoms with Crippen LogP contribution in [0, 0.1) is 19.7 Å². The molecule has 0 aliphatic rings. The Bertz CT molecular complexity index is 477. The number of nitrogens with zero attached hydrogens (tertiary/aromatic N) is 2. The number of hydrogen-bond acceptors (Lipinski definition) is 2. The molecule has 0 aliphatic carbocycles. The number of hydrogen-bond donors (Lipinski definition) is 0. The average Bonchev–Trinajstić information content (AvgIpc) is 2.20. The summed E-state index contributed by atoms with van der Waals surface area (Å²) in [5.74, 6) is 0.150. The number of benzene rings is 1. The maximum Gasteiger partial charge on any atom is 0.162 e. The van der Waals surface area contributed by atoms with E-state index in [0.29, 0.717) is 11.4 Å². The smallest absolute Gasteiger partial charge is 0.162 e. The van der Waals surface area contributed by atoms with Crippen LogP contribution in [-0.2, 0) is 0 Å². The molecule has 76 valence electrons. The fourth-order valence-corrected chi connectivity index (χ4v) is 1.33. The lowest BCUT2D eigenvalue weighted by molar-refractivity contribution is 0.628. The topological polar surface area (TPSA) is 25.8 Å². The molecule has 1 aromatic heterocycles. The third-order valence-corrected chi connectivity index (χ3v) is 2.15. The molecule has 0 spiro atoms. The largest absolute Gasteiger partial charge is 0.236 e. The standard InChI is InChI=1S/C12H11FN2/c1-8-3-4-10(11(13)5-8)12-14-6-9(2)7-15-12/h3-7H,1-2H3. The second-order valence-corrected chi connectivity index (χ2v) is 3.57. The Hall–Kier alpha value is -1.77. The van der Waals surface area contributed by atoms with Crippen molar-refractivity contribution in [2.75, 3.05) is 0 Å². The molecular formula is C12H11FN2. The third-order valence-electron chi connectivity index (χ3n) is 2.15. The van der Waals surface area contributed by atoms with Gasteiger partial charge in [-0.3, -0.25) is 0 Å². The Morgan fingerprint density at radius 3 is 2.27 bits per heavy atom. The molecule has 3 heteroatoms. The van der Waals surface area contributed by atoms with E-state index in [1.807, 2.05) is 19.9 Å². The molecule has 0 fully saturated rings. The Kier molecular flexibility index (Phi) is 2.46. The van der Waals surface area contributed by atoms with E-state index in [0.717, 1.165) is 11.1 Å². The minimum absolute atomic E-state index is 0.279. The molecule has 0 unspecified atom stereocenters. The summed E-state index contributed by atoms with van der Waals surface area (Å²) in [5.41, 5.74) is 2.30. The second-order valence-electron chi connectivity index (χ2n) is 3.57. The number of rotatable bonds is 1. The minimum Gasteiger partial charge on any atom is -0.236 e. The van der Waals surface area contributed by atoms with Crippen LogP contribution in [0.5, 0.6) is 0 Å². The first-order valence-corrected chi connectivity index (χ1v) is 4.72. The Labute approximate surface area is 87.8 Å². The molecule has 1 heterocycles. The molecule has 0 saturated heterocycles. The molecule has 2 nitrogen and oxygen atoms in total. The molecule has 1 aromatic carbocycles. The zero-order valence-electron chi connectivity index (χ0n) is 8.66. The van der Waals surface area contributed by atoms with Crippen LogP contribution in [0.15, 0.2) is 30.6 Å². The first-order chi connectivity index (χ1) is 7.16. The van der Waals surface area contributed by atoms with Gasteiger partial charge < -0.3 is 0 Å². The molecule has 0 bridgehead atoms. The molecule has 0 aliphatic heterocycles. The molecule has 2 aromatic rings. The normalized spacial score (nSPS) is 10.3. The van der Waals surface area contributed by atoms with Crippen molar-refractivity contribution < 1.29 is 4.39 Å². The Morgan fingerprint density at radius 1 is 1.00 bits per heavy atom. The first-order valence-electron chi connectivity index (χ1n) is 4.72. The van der Waals surface area contributed by atoms with E-state index in [2.05, 4.69) is 9.97 Å². The van der Waals surface area contributed by atoms with Crippen molar-refractivity contribution >= 4 is 0 Å². The molecule has 0 N–H and O–H groups in total. The van der Waals surface area contributed by atoms with Gasteiger partial charge in [-0.05, 0) is 37.1 Å². The summed E-state index contributed by atoms with van der Waals surface area (Å²) >= 11 is 0. The van der Waals surface area contributed by atoms with Crippen LogP contribution in [0.4, 0.5) is 4.39 Å². The van der Waals surface area contributed by atoms with Crippen LogP contribution in [0.3, 0.4) is 0 Å². The summed E-state index contributed by atoms with van der Waals surface area (Å²) in [7, 11) is 0. The lowest BCUT2D eigenvalue weighted by Gasteiger charge is -2.02. The fourth-order valence-electron chi connectivity index (χ4n) is 1.33. The SMILES string of the molecule is Cc1cnc(-c2ccc(C)cc2F)nc1. The van der Waals surface area contributed by atoms with Gasteiger partial charge in [0.1, 0.15) is 5.82 Å². The predicted molar refractivity (Wildman–Crippen MR) is 56.9 cm³/mol. The van der Waals surface area contributed by atoms with Gasteiger partial charge in [-0.1, -0.05) is 6.07 Å². The average molecular weight is 202 g/mol. The van der Waals surface area contributed by atoms with Crippen molar-refractivity contribution in [1.29, 1.82) is 0 Å². The van der Waals surface area contributed by atoms with Crippen molar-refractivity contribution in [2.45, 2.75) is 13.8 Å². The van der Waals surface area contributed by atoms with Crippen LogP contribution < -0.4 is 0 Å². The van der Waals surface area contributed by atoms with Crippen molar-refractivity contribution in [1.82, 2.24) is 9.97 Å². The van der Waals surface area contributed by atoms with Gasteiger partial charge in [0.25, 0.3) is 0 Å². The van der Waals surface area contributed by atoms with Crippen molar-refractivity contribution in [3.05, 3.63) is 47.5 Å². The van der Waals surface area contributed by atoms with Gasteiger partial charge in [0.2, 0.25) is 0 Å². The monoisotopic (exact) mass is 202 g/mol. The Balaban J connectivity index is 2.49. The minimum atomic E-state index is -0.279. The number of aryl methyl sites for hydroxylation is 2. The highest BCUT2D eigenvalue weighted by Crippen LogP contribution is 2.19. The van der Waals surface area contributed by atoms with Crippen molar-refractivity contribution in [2.24, 2.45) is 0 Å². The summed E-state index contributed by atoms with van der Waals surface area (Å²) < 4.78 is 13.6. The van der Waals surface area contributed by atoms with Gasteiger partial charge >= 0.3 is 0 Å². The van der Waals surface area contributed by atoms with Crippen LogP contribution in [-0.4, -0.2) is 9.97 Å². The van der Waals surface area contributed by atoms with E-state index in [-0.39, 0.29) is 5.82 Å². The highest BCUT2D eigenvalue weighted by Gasteiger charge is 2.06. The molecule has 2 rings (SSSR count). The van der Waals surface area contributed by atoms with Crippen LogP contribution in [0.25, 0.3) is 11.4 Å². The zero-order chi connectivity index (χ0) is 10.8. The van der Waals surface area contributed by atoms with Crippen molar-refractivity contribution in [3.63, 3.8) is 0 Å². The van der Waals surface area contributed by atoms with Crippen molar-refractivity contribution in [3.8, 4) is 11.4 Å². The van der Waals surface area contributed by atoms with E-state index in [1.54, 1.807) is 18.5 Å². The highest BCUT2D eigenvalue weighted by atomic mass is 19.1. The van der Waals surface area contributed by atoms with Gasteiger partial charge in [0.05, 0.1) is 5.56 Å². The van der Waals surface area contributed by atoms with Gasteiger partial charge in [0, 0.05) is 12.4 Å². The van der Waals surface area contributed by atoms with E-state index in [4.69, 9.17) is 0 Å². The second kappa shape index (κ2) is 3.77. The number of aromatic nitrogens is 2. The van der Waals surface area contributed by atoms with E-state index >= 15 is 0 Å².